The van der Waals surface area contributed by atoms with Gasteiger partial charge in [-0.15, -0.1) is 0 Å². The van der Waals surface area contributed by atoms with Gasteiger partial charge in [0.2, 0.25) is 0 Å². The highest BCUT2D eigenvalue weighted by atomic mass is 19.2. The van der Waals surface area contributed by atoms with Crippen LogP contribution < -0.4 is 0 Å². The number of aliphatic hydroxyl groups excluding tert-OH is 1. The Balaban J connectivity index is 1.96. The van der Waals surface area contributed by atoms with Crippen molar-refractivity contribution in [1.82, 2.24) is 4.57 Å². The SMILES string of the molecule is Cc1cc2c(n1Cc1ccc(F)c(F)c1)CCCC2O. The van der Waals surface area contributed by atoms with E-state index < -0.39 is 17.7 Å². The molecule has 0 spiro atoms. The van der Waals surface area contributed by atoms with Crippen LogP contribution in [0.15, 0.2) is 24.3 Å². The Labute approximate surface area is 116 Å². The van der Waals surface area contributed by atoms with Crippen molar-refractivity contribution in [2.75, 3.05) is 0 Å². The minimum atomic E-state index is -0.824. The fourth-order valence-corrected chi connectivity index (χ4v) is 2.98. The average molecular weight is 277 g/mol. The number of aromatic nitrogens is 1. The van der Waals surface area contributed by atoms with E-state index in [1.54, 1.807) is 6.07 Å². The number of benzene rings is 1. The van der Waals surface area contributed by atoms with E-state index in [1.807, 2.05) is 13.0 Å². The number of halogens is 2. The number of nitrogens with zero attached hydrogens (tertiary/aromatic N) is 1. The van der Waals surface area contributed by atoms with Crippen LogP contribution in [0.5, 0.6) is 0 Å². The average Bonchev–Trinajstić information content (AvgIpc) is 2.73. The molecule has 3 rings (SSSR count). The number of aryl methyl sites for hydroxylation is 1. The molecule has 1 unspecified atom stereocenters. The smallest absolute Gasteiger partial charge is 0.159 e. The maximum Gasteiger partial charge on any atom is 0.159 e. The van der Waals surface area contributed by atoms with Gasteiger partial charge in [-0.3, -0.25) is 0 Å². The first-order chi connectivity index (χ1) is 9.56. The Morgan fingerprint density at radius 1 is 1.25 bits per heavy atom. The van der Waals surface area contributed by atoms with Crippen LogP contribution in [0.3, 0.4) is 0 Å². The molecule has 2 nitrogen and oxygen atoms in total. The van der Waals surface area contributed by atoms with E-state index >= 15 is 0 Å². The van der Waals surface area contributed by atoms with Gasteiger partial charge < -0.3 is 9.67 Å². The lowest BCUT2D eigenvalue weighted by Crippen LogP contribution is -2.13. The summed E-state index contributed by atoms with van der Waals surface area (Å²) in [5.74, 6) is -1.64. The van der Waals surface area contributed by atoms with Crippen LogP contribution in [0.25, 0.3) is 0 Å². The van der Waals surface area contributed by atoms with Gasteiger partial charge in [-0.05, 0) is 49.9 Å². The zero-order chi connectivity index (χ0) is 14.3. The van der Waals surface area contributed by atoms with Crippen LogP contribution >= 0.6 is 0 Å². The lowest BCUT2D eigenvalue weighted by Gasteiger charge is -2.20. The molecule has 106 valence electrons. The summed E-state index contributed by atoms with van der Waals surface area (Å²) >= 11 is 0. The Morgan fingerprint density at radius 3 is 2.80 bits per heavy atom. The molecular formula is C16H17F2NO. The molecule has 0 saturated heterocycles. The van der Waals surface area contributed by atoms with Crippen molar-refractivity contribution < 1.29 is 13.9 Å². The van der Waals surface area contributed by atoms with E-state index in [4.69, 9.17) is 0 Å². The predicted molar refractivity (Wildman–Crippen MR) is 72.5 cm³/mol. The molecule has 0 bridgehead atoms. The Morgan fingerprint density at radius 2 is 2.05 bits per heavy atom. The molecule has 4 heteroatoms. The van der Waals surface area contributed by atoms with E-state index in [2.05, 4.69) is 4.57 Å². The monoisotopic (exact) mass is 277 g/mol. The molecule has 1 atom stereocenters. The maximum absolute atomic E-state index is 13.3. The molecule has 0 saturated carbocycles. The van der Waals surface area contributed by atoms with E-state index in [9.17, 15) is 13.9 Å². The molecule has 0 aliphatic heterocycles. The molecule has 20 heavy (non-hydrogen) atoms. The highest BCUT2D eigenvalue weighted by Crippen LogP contribution is 2.32. The van der Waals surface area contributed by atoms with Crippen molar-refractivity contribution in [3.8, 4) is 0 Å². The molecular weight excluding hydrogens is 260 g/mol. The summed E-state index contributed by atoms with van der Waals surface area (Å²) in [5, 5.41) is 10.0. The zero-order valence-corrected chi connectivity index (χ0v) is 11.4. The quantitative estimate of drug-likeness (QED) is 0.893. The predicted octanol–water partition coefficient (Wildman–Crippen LogP) is 3.49. The van der Waals surface area contributed by atoms with Gasteiger partial charge in [-0.25, -0.2) is 8.78 Å². The summed E-state index contributed by atoms with van der Waals surface area (Å²) in [6.07, 6.45) is 2.27. The third-order valence-electron chi connectivity index (χ3n) is 4.02. The molecule has 1 aliphatic rings. The Hall–Kier alpha value is -1.68. The van der Waals surface area contributed by atoms with Crippen LogP contribution in [-0.2, 0) is 13.0 Å². The molecule has 0 fully saturated rings. The van der Waals surface area contributed by atoms with E-state index in [-0.39, 0.29) is 0 Å². The summed E-state index contributed by atoms with van der Waals surface area (Å²) in [4.78, 5) is 0. The second-order valence-electron chi connectivity index (χ2n) is 5.43. The Bertz CT molecular complexity index is 648. The third-order valence-corrected chi connectivity index (χ3v) is 4.02. The number of fused-ring (bicyclic) bond motifs is 1. The Kier molecular flexibility index (Phi) is 3.34. The number of rotatable bonds is 2. The van der Waals surface area contributed by atoms with Crippen LogP contribution in [-0.4, -0.2) is 9.67 Å². The van der Waals surface area contributed by atoms with E-state index in [0.29, 0.717) is 6.54 Å². The third kappa shape index (κ3) is 2.24. The number of hydrogen-bond acceptors (Lipinski definition) is 1. The first kappa shape index (κ1) is 13.3. The largest absolute Gasteiger partial charge is 0.388 e. The van der Waals surface area contributed by atoms with Gasteiger partial charge in [-0.1, -0.05) is 6.07 Å². The summed E-state index contributed by atoms with van der Waals surface area (Å²) in [6.45, 7) is 2.48. The fourth-order valence-electron chi connectivity index (χ4n) is 2.98. The summed E-state index contributed by atoms with van der Waals surface area (Å²) in [5.41, 5.74) is 3.87. The topological polar surface area (TPSA) is 25.2 Å². The molecule has 1 aliphatic carbocycles. The van der Waals surface area contributed by atoms with Crippen LogP contribution in [0.1, 0.15) is 41.5 Å². The molecule has 2 aromatic rings. The fraction of sp³-hybridized carbons (Fsp3) is 0.375. The molecule has 1 N–H and O–H groups in total. The van der Waals surface area contributed by atoms with Gasteiger partial charge in [0.1, 0.15) is 0 Å². The number of aliphatic hydroxyl groups is 1. The van der Waals surface area contributed by atoms with Crippen molar-refractivity contribution in [2.45, 2.75) is 38.8 Å². The van der Waals surface area contributed by atoms with Crippen molar-refractivity contribution in [2.24, 2.45) is 0 Å². The first-order valence-corrected chi connectivity index (χ1v) is 6.87. The number of hydrogen-bond donors (Lipinski definition) is 1. The van der Waals surface area contributed by atoms with Gasteiger partial charge in [-0.2, -0.15) is 0 Å². The van der Waals surface area contributed by atoms with Crippen molar-refractivity contribution in [3.05, 3.63) is 58.4 Å². The van der Waals surface area contributed by atoms with E-state index in [1.165, 1.54) is 6.07 Å². The molecule has 1 aromatic carbocycles. The molecule has 1 heterocycles. The lowest BCUT2D eigenvalue weighted by molar-refractivity contribution is 0.156. The molecule has 0 amide bonds. The van der Waals surface area contributed by atoms with Crippen molar-refractivity contribution >= 4 is 0 Å². The van der Waals surface area contributed by atoms with Crippen molar-refractivity contribution in [1.29, 1.82) is 0 Å². The van der Waals surface area contributed by atoms with Crippen LogP contribution in [0.2, 0.25) is 0 Å². The zero-order valence-electron chi connectivity index (χ0n) is 11.4. The van der Waals surface area contributed by atoms with Gasteiger partial charge in [0.25, 0.3) is 0 Å². The summed E-state index contributed by atoms with van der Waals surface area (Å²) in [7, 11) is 0. The van der Waals surface area contributed by atoms with Gasteiger partial charge in [0, 0.05) is 23.5 Å². The highest BCUT2D eigenvalue weighted by molar-refractivity contribution is 5.33. The van der Waals surface area contributed by atoms with Crippen LogP contribution in [0.4, 0.5) is 8.78 Å². The standard InChI is InChI=1S/C16H17F2NO/c1-10-7-12-15(3-2-4-16(12)20)19(10)9-11-5-6-13(17)14(18)8-11/h5-8,16,20H,2-4,9H2,1H3. The maximum atomic E-state index is 13.3. The van der Waals surface area contributed by atoms with Gasteiger partial charge >= 0.3 is 0 Å². The summed E-state index contributed by atoms with van der Waals surface area (Å²) < 4.78 is 28.3. The normalized spacial score (nSPS) is 18.1. The first-order valence-electron chi connectivity index (χ1n) is 6.87. The minimum absolute atomic E-state index is 0.399. The molecule has 1 aromatic heterocycles. The minimum Gasteiger partial charge on any atom is -0.388 e. The second kappa shape index (κ2) is 5.02. The molecule has 0 radical (unpaired) electrons. The van der Waals surface area contributed by atoms with Crippen molar-refractivity contribution in [3.63, 3.8) is 0 Å². The van der Waals surface area contributed by atoms with Crippen LogP contribution in [0, 0.1) is 18.6 Å². The van der Waals surface area contributed by atoms with E-state index in [0.717, 1.165) is 47.8 Å². The lowest BCUT2D eigenvalue weighted by atomic mass is 9.95. The highest BCUT2D eigenvalue weighted by Gasteiger charge is 2.23. The van der Waals surface area contributed by atoms with Gasteiger partial charge in [0.15, 0.2) is 11.6 Å². The second-order valence-corrected chi connectivity index (χ2v) is 5.43. The summed E-state index contributed by atoms with van der Waals surface area (Å²) in [6, 6.07) is 5.99. The van der Waals surface area contributed by atoms with Gasteiger partial charge in [0.05, 0.1) is 6.10 Å².